The number of carbonyl (C=O) groups is 1. The second kappa shape index (κ2) is 10.4. The Kier molecular flexibility index (Phi) is 7.75. The van der Waals surface area contributed by atoms with Crippen LogP contribution in [0.15, 0.2) is 29.4 Å². The van der Waals surface area contributed by atoms with Crippen molar-refractivity contribution in [2.45, 2.75) is 127 Å². The van der Waals surface area contributed by atoms with E-state index < -0.39 is 0 Å². The molecule has 186 valence electrons. The van der Waals surface area contributed by atoms with Gasteiger partial charge in [0.25, 0.3) is 0 Å². The van der Waals surface area contributed by atoms with Gasteiger partial charge in [0.1, 0.15) is 0 Å². The van der Waals surface area contributed by atoms with Gasteiger partial charge in [-0.2, -0.15) is 0 Å². The Morgan fingerprint density at radius 2 is 1.56 bits per heavy atom. The number of hydrogen-bond donors (Lipinski definition) is 0. The van der Waals surface area contributed by atoms with E-state index in [2.05, 4.69) is 78.5 Å². The highest BCUT2D eigenvalue weighted by molar-refractivity contribution is 8.00. The van der Waals surface area contributed by atoms with Crippen molar-refractivity contribution < 1.29 is 4.79 Å². The minimum absolute atomic E-state index is 0.120. The third-order valence-electron chi connectivity index (χ3n) is 7.69. The molecular weight excluding hydrogens is 440 g/mol. The van der Waals surface area contributed by atoms with Crippen LogP contribution in [0.5, 0.6) is 0 Å². The van der Waals surface area contributed by atoms with Crippen LogP contribution < -0.4 is 0 Å². The number of likely N-dealkylation sites (tertiary alicyclic amines) is 1. The molecule has 1 aromatic carbocycles. The van der Waals surface area contributed by atoms with Crippen molar-refractivity contribution in [1.82, 2.24) is 19.7 Å². The van der Waals surface area contributed by atoms with Crippen LogP contribution in [0.1, 0.15) is 105 Å². The number of rotatable bonds is 5. The molecule has 0 unspecified atom stereocenters. The predicted octanol–water partition coefficient (Wildman–Crippen LogP) is 7.02. The first-order valence-electron chi connectivity index (χ1n) is 13.2. The Bertz CT molecular complexity index is 961. The number of nitrogens with zero attached hydrogens (tertiary/aromatic N) is 4. The van der Waals surface area contributed by atoms with E-state index in [9.17, 15) is 4.79 Å². The van der Waals surface area contributed by atoms with Crippen LogP contribution in [0.25, 0.3) is 11.4 Å². The van der Waals surface area contributed by atoms with Gasteiger partial charge in [-0.15, -0.1) is 10.2 Å². The van der Waals surface area contributed by atoms with Crippen molar-refractivity contribution in [3.05, 3.63) is 29.8 Å². The Balaban J connectivity index is 1.62. The molecule has 0 N–H and O–H groups in total. The lowest BCUT2D eigenvalue weighted by atomic mass is 9.86. The smallest absolute Gasteiger partial charge is 0.236 e. The number of amides is 1. The largest absolute Gasteiger partial charge is 0.336 e. The molecule has 4 rings (SSSR count). The lowest BCUT2D eigenvalue weighted by Crippen LogP contribution is -2.50. The number of hydrogen-bond acceptors (Lipinski definition) is 4. The molecule has 1 saturated heterocycles. The van der Waals surface area contributed by atoms with E-state index in [1.54, 1.807) is 11.8 Å². The molecule has 2 aliphatic rings. The minimum atomic E-state index is -0.175. The predicted molar refractivity (Wildman–Crippen MR) is 141 cm³/mol. The van der Waals surface area contributed by atoms with E-state index in [4.69, 9.17) is 0 Å². The molecule has 1 saturated carbocycles. The van der Waals surface area contributed by atoms with Crippen LogP contribution in [-0.2, 0) is 10.2 Å². The van der Waals surface area contributed by atoms with E-state index in [1.165, 1.54) is 31.2 Å². The summed E-state index contributed by atoms with van der Waals surface area (Å²) >= 11 is 1.59. The summed E-state index contributed by atoms with van der Waals surface area (Å²) in [6.45, 7) is 13.1. The first-order valence-corrected chi connectivity index (χ1v) is 14.1. The number of thioether (sulfide) groups is 1. The van der Waals surface area contributed by atoms with Crippen molar-refractivity contribution in [1.29, 1.82) is 0 Å². The maximum Gasteiger partial charge on any atom is 0.236 e. The van der Waals surface area contributed by atoms with Gasteiger partial charge in [-0.05, 0) is 63.9 Å². The van der Waals surface area contributed by atoms with Gasteiger partial charge >= 0.3 is 0 Å². The summed E-state index contributed by atoms with van der Waals surface area (Å²) in [6, 6.07) is 9.83. The van der Waals surface area contributed by atoms with Gasteiger partial charge in [-0.25, -0.2) is 0 Å². The van der Waals surface area contributed by atoms with E-state index in [0.29, 0.717) is 18.1 Å². The van der Waals surface area contributed by atoms with Gasteiger partial charge < -0.3 is 4.90 Å². The number of benzene rings is 1. The van der Waals surface area contributed by atoms with E-state index >= 15 is 0 Å². The average Bonchev–Trinajstić information content (AvgIpc) is 3.22. The third-order valence-corrected chi connectivity index (χ3v) is 8.74. The SMILES string of the molecule is C[C@H](Sc1nnc(-c2ccc(C(C)(C)C)cc2)n1C1CCCCC1)C(=O)N1[C@H](C)CCC[C@H]1C. The van der Waals surface area contributed by atoms with Gasteiger partial charge in [-0.1, -0.05) is 76.1 Å². The summed E-state index contributed by atoms with van der Waals surface area (Å²) in [7, 11) is 0. The summed E-state index contributed by atoms with van der Waals surface area (Å²) in [5.74, 6) is 1.17. The lowest BCUT2D eigenvalue weighted by Gasteiger charge is -2.40. The third kappa shape index (κ3) is 5.37. The fraction of sp³-hybridized carbons (Fsp3) is 0.679. The molecule has 2 fully saturated rings. The molecule has 3 atom stereocenters. The monoisotopic (exact) mass is 482 g/mol. The molecule has 5 nitrogen and oxygen atoms in total. The zero-order valence-corrected chi connectivity index (χ0v) is 22.7. The van der Waals surface area contributed by atoms with Crippen molar-refractivity contribution in [3.63, 3.8) is 0 Å². The molecule has 1 aliphatic carbocycles. The van der Waals surface area contributed by atoms with Crippen LogP contribution in [0.2, 0.25) is 0 Å². The Labute approximate surface area is 210 Å². The van der Waals surface area contributed by atoms with Crippen LogP contribution in [0.4, 0.5) is 0 Å². The zero-order chi connectivity index (χ0) is 24.5. The minimum Gasteiger partial charge on any atom is -0.336 e. The summed E-state index contributed by atoms with van der Waals surface area (Å²) in [6.07, 6.45) is 9.50. The first kappa shape index (κ1) is 25.3. The van der Waals surface area contributed by atoms with Crippen LogP contribution in [0, 0.1) is 0 Å². The summed E-state index contributed by atoms with van der Waals surface area (Å²) < 4.78 is 2.35. The van der Waals surface area contributed by atoms with Crippen molar-refractivity contribution in [2.24, 2.45) is 0 Å². The highest BCUT2D eigenvalue weighted by Gasteiger charge is 2.33. The molecule has 0 bridgehead atoms. The van der Waals surface area contributed by atoms with E-state index in [1.807, 2.05) is 6.92 Å². The van der Waals surface area contributed by atoms with Crippen molar-refractivity contribution in [2.75, 3.05) is 0 Å². The molecule has 2 heterocycles. The second-order valence-electron chi connectivity index (χ2n) is 11.4. The Morgan fingerprint density at radius 3 is 2.15 bits per heavy atom. The fourth-order valence-electron chi connectivity index (χ4n) is 5.62. The van der Waals surface area contributed by atoms with Crippen LogP contribution in [0.3, 0.4) is 0 Å². The van der Waals surface area contributed by atoms with Gasteiger partial charge in [0.05, 0.1) is 5.25 Å². The number of carbonyl (C=O) groups excluding carboxylic acids is 1. The Morgan fingerprint density at radius 1 is 0.941 bits per heavy atom. The molecule has 0 spiro atoms. The zero-order valence-electron chi connectivity index (χ0n) is 21.9. The summed E-state index contributed by atoms with van der Waals surface area (Å²) in [4.78, 5) is 15.6. The molecule has 34 heavy (non-hydrogen) atoms. The maximum absolute atomic E-state index is 13.5. The quantitative estimate of drug-likeness (QED) is 0.430. The van der Waals surface area contributed by atoms with Crippen LogP contribution >= 0.6 is 11.8 Å². The highest BCUT2D eigenvalue weighted by Crippen LogP contribution is 2.38. The Hall–Kier alpha value is -1.82. The number of piperidine rings is 1. The second-order valence-corrected chi connectivity index (χ2v) is 12.7. The molecule has 1 aliphatic heterocycles. The first-order chi connectivity index (χ1) is 16.2. The lowest BCUT2D eigenvalue weighted by molar-refractivity contribution is -0.136. The van der Waals surface area contributed by atoms with E-state index in [0.717, 1.165) is 42.2 Å². The van der Waals surface area contributed by atoms with Gasteiger partial charge in [0.15, 0.2) is 11.0 Å². The fourth-order valence-corrected chi connectivity index (χ4v) is 6.59. The van der Waals surface area contributed by atoms with Crippen molar-refractivity contribution >= 4 is 17.7 Å². The summed E-state index contributed by atoms with van der Waals surface area (Å²) in [5.41, 5.74) is 2.54. The molecule has 0 radical (unpaired) electrons. The standard InChI is InChI=1S/C28H42N4OS/c1-19-11-10-12-20(2)31(19)26(33)21(3)34-27-30-29-25(32(27)24-13-8-7-9-14-24)22-15-17-23(18-16-22)28(4,5)6/h15-21,24H,7-14H2,1-6H3/t19-,20-,21+/m1/s1. The molecule has 1 amide bonds. The van der Waals surface area contributed by atoms with Crippen molar-refractivity contribution in [3.8, 4) is 11.4 Å². The van der Waals surface area contributed by atoms with Gasteiger partial charge in [0, 0.05) is 23.7 Å². The molecular formula is C28H42N4OS. The molecule has 6 heteroatoms. The van der Waals surface area contributed by atoms with Gasteiger partial charge in [-0.3, -0.25) is 9.36 Å². The normalized spacial score (nSPS) is 23.2. The highest BCUT2D eigenvalue weighted by atomic mass is 32.2. The van der Waals surface area contributed by atoms with Gasteiger partial charge in [0.2, 0.25) is 5.91 Å². The molecule has 1 aromatic heterocycles. The maximum atomic E-state index is 13.5. The number of aromatic nitrogens is 3. The van der Waals surface area contributed by atoms with Crippen LogP contribution in [-0.4, -0.2) is 42.9 Å². The van der Waals surface area contributed by atoms with E-state index in [-0.39, 0.29) is 16.6 Å². The topological polar surface area (TPSA) is 51.0 Å². The summed E-state index contributed by atoms with van der Waals surface area (Å²) in [5, 5.41) is 10.0. The average molecular weight is 483 g/mol. The molecule has 2 aromatic rings.